The molecule has 1 aromatic heterocycles. The standard InChI is InChI=1S/C23H25N3O2/c1-15-5-3-6-17(11-15)14-26-10-4-7-21(26)23(28)24-19-9-8-18-12-16(2)22(27)25-20(18)13-19/h3,5-6,8-9,11-13,21H,4,7,10,14H2,1-2H3,(H,24,28)(H,25,27). The van der Waals surface area contributed by atoms with Crippen LogP contribution < -0.4 is 10.9 Å². The lowest BCUT2D eigenvalue weighted by Gasteiger charge is -2.24. The van der Waals surface area contributed by atoms with Crippen molar-refractivity contribution in [2.24, 2.45) is 0 Å². The number of aromatic nitrogens is 1. The fourth-order valence-electron chi connectivity index (χ4n) is 3.97. The van der Waals surface area contributed by atoms with Crippen LogP contribution in [-0.2, 0) is 11.3 Å². The zero-order valence-corrected chi connectivity index (χ0v) is 16.3. The lowest BCUT2D eigenvalue weighted by molar-refractivity contribution is -0.120. The number of pyridine rings is 1. The third-order valence-corrected chi connectivity index (χ3v) is 5.43. The van der Waals surface area contributed by atoms with E-state index in [2.05, 4.69) is 46.4 Å². The Hall–Kier alpha value is -2.92. The molecule has 2 aromatic carbocycles. The Kier molecular flexibility index (Phi) is 5.01. The van der Waals surface area contributed by atoms with Crippen LogP contribution in [0.25, 0.3) is 10.9 Å². The Bertz CT molecular complexity index is 1090. The summed E-state index contributed by atoms with van der Waals surface area (Å²) in [6, 6.07) is 15.8. The first-order chi connectivity index (χ1) is 13.5. The molecule has 0 saturated carbocycles. The SMILES string of the molecule is Cc1cccc(CN2CCCC2C(=O)Nc2ccc3cc(C)c(=O)[nH]c3c2)c1. The molecule has 0 aliphatic carbocycles. The first kappa shape index (κ1) is 18.4. The number of carbonyl (C=O) groups is 1. The molecular weight excluding hydrogens is 350 g/mol. The van der Waals surface area contributed by atoms with Crippen molar-refractivity contribution >= 4 is 22.5 Å². The number of likely N-dealkylation sites (tertiary alicyclic amines) is 1. The van der Waals surface area contributed by atoms with Gasteiger partial charge in [-0.15, -0.1) is 0 Å². The van der Waals surface area contributed by atoms with E-state index in [1.54, 1.807) is 6.92 Å². The number of hydrogen-bond acceptors (Lipinski definition) is 3. The van der Waals surface area contributed by atoms with Crippen LogP contribution in [0.4, 0.5) is 5.69 Å². The molecule has 1 unspecified atom stereocenters. The minimum Gasteiger partial charge on any atom is -0.325 e. The lowest BCUT2D eigenvalue weighted by Crippen LogP contribution is -2.39. The predicted molar refractivity (Wildman–Crippen MR) is 113 cm³/mol. The van der Waals surface area contributed by atoms with Crippen molar-refractivity contribution < 1.29 is 4.79 Å². The maximum atomic E-state index is 12.9. The van der Waals surface area contributed by atoms with Gasteiger partial charge in [-0.1, -0.05) is 35.9 Å². The lowest BCUT2D eigenvalue weighted by atomic mass is 10.1. The van der Waals surface area contributed by atoms with Gasteiger partial charge in [0.05, 0.1) is 11.6 Å². The van der Waals surface area contributed by atoms with Crippen molar-refractivity contribution in [3.8, 4) is 0 Å². The molecule has 1 aliphatic heterocycles. The van der Waals surface area contributed by atoms with Crippen LogP contribution in [0.15, 0.2) is 53.3 Å². The molecule has 1 atom stereocenters. The number of hydrogen-bond donors (Lipinski definition) is 2. The average molecular weight is 375 g/mol. The van der Waals surface area contributed by atoms with E-state index < -0.39 is 0 Å². The van der Waals surface area contributed by atoms with Crippen LogP contribution in [0, 0.1) is 13.8 Å². The van der Waals surface area contributed by atoms with Gasteiger partial charge in [-0.05, 0) is 62.4 Å². The van der Waals surface area contributed by atoms with Gasteiger partial charge in [-0.25, -0.2) is 0 Å². The molecule has 3 aromatic rings. The number of nitrogens with zero attached hydrogens (tertiary/aromatic N) is 1. The highest BCUT2D eigenvalue weighted by Crippen LogP contribution is 2.23. The molecule has 0 spiro atoms. The number of benzene rings is 2. The predicted octanol–water partition coefficient (Wildman–Crippen LogP) is 3.75. The van der Waals surface area contributed by atoms with Crippen molar-refractivity contribution in [2.75, 3.05) is 11.9 Å². The van der Waals surface area contributed by atoms with Gasteiger partial charge in [0, 0.05) is 17.8 Å². The summed E-state index contributed by atoms with van der Waals surface area (Å²) in [5, 5.41) is 3.99. The van der Waals surface area contributed by atoms with Gasteiger partial charge < -0.3 is 10.3 Å². The highest BCUT2D eigenvalue weighted by Gasteiger charge is 2.30. The van der Waals surface area contributed by atoms with Crippen LogP contribution in [0.5, 0.6) is 0 Å². The zero-order valence-electron chi connectivity index (χ0n) is 16.3. The highest BCUT2D eigenvalue weighted by molar-refractivity contribution is 5.96. The Labute approximate surface area is 164 Å². The van der Waals surface area contributed by atoms with E-state index in [0.29, 0.717) is 11.3 Å². The minimum absolute atomic E-state index is 0.0129. The van der Waals surface area contributed by atoms with Crippen LogP contribution in [0.2, 0.25) is 0 Å². The molecule has 4 rings (SSSR count). The van der Waals surface area contributed by atoms with Crippen LogP contribution in [0.3, 0.4) is 0 Å². The van der Waals surface area contributed by atoms with Crippen molar-refractivity contribution in [1.82, 2.24) is 9.88 Å². The first-order valence-corrected chi connectivity index (χ1v) is 9.74. The van der Waals surface area contributed by atoms with Crippen LogP contribution >= 0.6 is 0 Å². The smallest absolute Gasteiger partial charge is 0.251 e. The van der Waals surface area contributed by atoms with Gasteiger partial charge in [-0.2, -0.15) is 0 Å². The monoisotopic (exact) mass is 375 g/mol. The molecule has 28 heavy (non-hydrogen) atoms. The van der Waals surface area contributed by atoms with Crippen molar-refractivity contribution in [3.63, 3.8) is 0 Å². The van der Waals surface area contributed by atoms with Gasteiger partial charge in [0.1, 0.15) is 0 Å². The number of rotatable bonds is 4. The number of amides is 1. The van der Waals surface area contributed by atoms with Crippen LogP contribution in [0.1, 0.15) is 29.5 Å². The van der Waals surface area contributed by atoms with Crippen molar-refractivity contribution in [2.45, 2.75) is 39.3 Å². The van der Waals surface area contributed by atoms with Crippen molar-refractivity contribution in [3.05, 3.63) is 75.6 Å². The molecule has 1 aliphatic rings. The van der Waals surface area contributed by atoms with E-state index in [-0.39, 0.29) is 17.5 Å². The normalized spacial score (nSPS) is 17.1. The summed E-state index contributed by atoms with van der Waals surface area (Å²) in [6.07, 6.45) is 1.88. The topological polar surface area (TPSA) is 65.2 Å². The zero-order chi connectivity index (χ0) is 19.7. The van der Waals surface area contributed by atoms with Gasteiger partial charge in [0.25, 0.3) is 5.56 Å². The Morgan fingerprint density at radius 3 is 2.86 bits per heavy atom. The third kappa shape index (κ3) is 3.85. The summed E-state index contributed by atoms with van der Waals surface area (Å²) >= 11 is 0. The molecular formula is C23H25N3O2. The highest BCUT2D eigenvalue weighted by atomic mass is 16.2. The molecule has 1 saturated heterocycles. The second-order valence-corrected chi connectivity index (χ2v) is 7.69. The molecule has 1 amide bonds. The van der Waals surface area contributed by atoms with Gasteiger partial charge in [-0.3, -0.25) is 14.5 Å². The number of fused-ring (bicyclic) bond motifs is 1. The maximum Gasteiger partial charge on any atom is 0.251 e. The molecule has 2 heterocycles. The summed E-state index contributed by atoms with van der Waals surface area (Å²) in [6.45, 7) is 5.58. The summed E-state index contributed by atoms with van der Waals surface area (Å²) < 4.78 is 0. The minimum atomic E-state index is -0.131. The molecule has 0 bridgehead atoms. The molecule has 5 nitrogen and oxygen atoms in total. The largest absolute Gasteiger partial charge is 0.325 e. The molecule has 2 N–H and O–H groups in total. The van der Waals surface area contributed by atoms with Crippen LogP contribution in [-0.4, -0.2) is 28.4 Å². The second-order valence-electron chi connectivity index (χ2n) is 7.69. The number of aromatic amines is 1. The van der Waals surface area contributed by atoms with E-state index >= 15 is 0 Å². The van der Waals surface area contributed by atoms with Crippen molar-refractivity contribution in [1.29, 1.82) is 0 Å². The number of nitrogens with one attached hydrogen (secondary N) is 2. The molecule has 5 heteroatoms. The fourth-order valence-corrected chi connectivity index (χ4v) is 3.97. The summed E-state index contributed by atoms with van der Waals surface area (Å²) in [4.78, 5) is 29.9. The number of aryl methyl sites for hydroxylation is 2. The maximum absolute atomic E-state index is 12.9. The molecule has 0 radical (unpaired) electrons. The summed E-state index contributed by atoms with van der Waals surface area (Å²) in [5.74, 6) is 0.0129. The van der Waals surface area contributed by atoms with Gasteiger partial charge in [0.15, 0.2) is 0 Å². The van der Waals surface area contributed by atoms with E-state index in [9.17, 15) is 9.59 Å². The van der Waals surface area contributed by atoms with Gasteiger partial charge >= 0.3 is 0 Å². The summed E-state index contributed by atoms with van der Waals surface area (Å²) in [7, 11) is 0. The molecule has 1 fully saturated rings. The fraction of sp³-hybridized carbons (Fsp3) is 0.304. The average Bonchev–Trinajstić information content (AvgIpc) is 3.11. The van der Waals surface area contributed by atoms with E-state index in [0.717, 1.165) is 36.8 Å². The second kappa shape index (κ2) is 7.60. The summed E-state index contributed by atoms with van der Waals surface area (Å²) in [5.41, 5.74) is 4.49. The van der Waals surface area contributed by atoms with E-state index in [1.807, 2.05) is 24.3 Å². The van der Waals surface area contributed by atoms with E-state index in [4.69, 9.17) is 0 Å². The first-order valence-electron chi connectivity index (χ1n) is 9.74. The number of carbonyl (C=O) groups excluding carboxylic acids is 1. The third-order valence-electron chi connectivity index (χ3n) is 5.43. The Morgan fingerprint density at radius 1 is 1.18 bits per heavy atom. The number of anilines is 1. The Balaban J connectivity index is 1.50. The number of H-pyrrole nitrogens is 1. The Morgan fingerprint density at radius 2 is 2.04 bits per heavy atom. The van der Waals surface area contributed by atoms with E-state index in [1.165, 1.54) is 11.1 Å². The quantitative estimate of drug-likeness (QED) is 0.730. The molecule has 144 valence electrons. The van der Waals surface area contributed by atoms with Gasteiger partial charge in [0.2, 0.25) is 5.91 Å².